The van der Waals surface area contributed by atoms with Gasteiger partial charge >= 0.3 is 0 Å². The number of aliphatic imine (C=N–C) groups is 1. The van der Waals surface area contributed by atoms with E-state index in [1.165, 1.54) is 12.8 Å². The Hall–Kier alpha value is -1.22. The number of hydrogen-bond acceptors (Lipinski definition) is 4. The summed E-state index contributed by atoms with van der Waals surface area (Å²) in [5.74, 6) is 2.99. The minimum atomic E-state index is 0. The molecule has 1 aromatic rings. The van der Waals surface area contributed by atoms with E-state index in [0.717, 1.165) is 49.5 Å². The zero-order valence-corrected chi connectivity index (χ0v) is 17.7. The van der Waals surface area contributed by atoms with Gasteiger partial charge < -0.3 is 24.8 Å². The number of anilines is 1. The molecule has 142 valence electrons. The molecule has 0 atom stereocenters. The Morgan fingerprint density at radius 1 is 1.28 bits per heavy atom. The van der Waals surface area contributed by atoms with Crippen molar-refractivity contribution in [3.8, 4) is 11.5 Å². The number of ether oxygens (including phenoxy) is 3. The van der Waals surface area contributed by atoms with Crippen molar-refractivity contribution in [1.82, 2.24) is 5.32 Å². The van der Waals surface area contributed by atoms with Crippen molar-refractivity contribution in [2.75, 3.05) is 45.8 Å². The number of hydrogen-bond donors (Lipinski definition) is 2. The molecule has 1 aliphatic rings. The molecular formula is C18H30IN3O3. The quantitative estimate of drug-likeness (QED) is 0.241. The summed E-state index contributed by atoms with van der Waals surface area (Å²) in [5, 5.41) is 6.55. The maximum Gasteiger partial charge on any atom is 0.195 e. The van der Waals surface area contributed by atoms with Gasteiger partial charge in [-0.2, -0.15) is 0 Å². The average Bonchev–Trinajstić information content (AvgIpc) is 3.41. The zero-order valence-electron chi connectivity index (χ0n) is 15.3. The lowest BCUT2D eigenvalue weighted by molar-refractivity contribution is 0.123. The first-order valence-electron chi connectivity index (χ1n) is 8.63. The van der Waals surface area contributed by atoms with Crippen molar-refractivity contribution in [3.63, 3.8) is 0 Å². The van der Waals surface area contributed by atoms with Crippen LogP contribution in [0.3, 0.4) is 0 Å². The zero-order chi connectivity index (χ0) is 17.2. The number of benzene rings is 1. The number of rotatable bonds is 10. The van der Waals surface area contributed by atoms with Crippen LogP contribution in [-0.2, 0) is 4.74 Å². The van der Waals surface area contributed by atoms with Gasteiger partial charge in [0, 0.05) is 38.6 Å². The molecule has 0 unspecified atom stereocenters. The van der Waals surface area contributed by atoms with Crippen LogP contribution in [-0.4, -0.2) is 46.5 Å². The molecule has 1 aliphatic carbocycles. The molecular weight excluding hydrogens is 433 g/mol. The Morgan fingerprint density at radius 3 is 2.72 bits per heavy atom. The van der Waals surface area contributed by atoms with Crippen LogP contribution in [0.15, 0.2) is 23.2 Å². The third-order valence-corrected chi connectivity index (χ3v) is 3.76. The number of nitrogens with one attached hydrogen (secondary N) is 2. The SMILES string of the molecule is CCOc1cc(NC(=NC)NCCCOCC2CC2)ccc1OC.I. The minimum absolute atomic E-state index is 0. The highest BCUT2D eigenvalue weighted by molar-refractivity contribution is 14.0. The van der Waals surface area contributed by atoms with Crippen molar-refractivity contribution in [2.45, 2.75) is 26.2 Å². The second-order valence-electron chi connectivity index (χ2n) is 5.79. The van der Waals surface area contributed by atoms with E-state index in [0.29, 0.717) is 12.4 Å². The van der Waals surface area contributed by atoms with E-state index in [1.54, 1.807) is 14.2 Å². The van der Waals surface area contributed by atoms with Crippen LogP contribution in [0.2, 0.25) is 0 Å². The first kappa shape index (κ1) is 21.8. The largest absolute Gasteiger partial charge is 0.493 e. The van der Waals surface area contributed by atoms with Crippen LogP contribution in [0.5, 0.6) is 11.5 Å². The molecule has 0 spiro atoms. The van der Waals surface area contributed by atoms with Crippen molar-refractivity contribution >= 4 is 35.6 Å². The maximum atomic E-state index is 5.63. The van der Waals surface area contributed by atoms with Crippen LogP contribution < -0.4 is 20.1 Å². The standard InChI is InChI=1S/C18H29N3O3.HI/c1-4-24-17-12-15(8-9-16(17)22-3)21-18(19-2)20-10-5-11-23-13-14-6-7-14;/h8-9,12,14H,4-7,10-11,13H2,1-3H3,(H2,19,20,21);1H. The molecule has 6 nitrogen and oxygen atoms in total. The van der Waals surface area contributed by atoms with E-state index in [1.807, 2.05) is 25.1 Å². The van der Waals surface area contributed by atoms with Crippen molar-refractivity contribution in [3.05, 3.63) is 18.2 Å². The van der Waals surface area contributed by atoms with E-state index in [9.17, 15) is 0 Å². The Morgan fingerprint density at radius 2 is 2.08 bits per heavy atom. The fourth-order valence-electron chi connectivity index (χ4n) is 2.25. The highest BCUT2D eigenvalue weighted by Gasteiger charge is 2.20. The molecule has 1 aromatic carbocycles. The summed E-state index contributed by atoms with van der Waals surface area (Å²) < 4.78 is 16.5. The molecule has 0 amide bonds. The summed E-state index contributed by atoms with van der Waals surface area (Å²) in [4.78, 5) is 4.24. The summed E-state index contributed by atoms with van der Waals surface area (Å²) in [6, 6.07) is 5.73. The van der Waals surface area contributed by atoms with Gasteiger partial charge in [0.1, 0.15) is 0 Å². The highest BCUT2D eigenvalue weighted by Crippen LogP contribution is 2.30. The monoisotopic (exact) mass is 463 g/mol. The smallest absolute Gasteiger partial charge is 0.195 e. The highest BCUT2D eigenvalue weighted by atomic mass is 127. The lowest BCUT2D eigenvalue weighted by Crippen LogP contribution is -2.32. The normalized spacial score (nSPS) is 13.8. The van der Waals surface area contributed by atoms with E-state index >= 15 is 0 Å². The predicted octanol–water partition coefficient (Wildman–Crippen LogP) is 3.52. The Bertz CT molecular complexity index is 536. The van der Waals surface area contributed by atoms with Crippen molar-refractivity contribution in [2.24, 2.45) is 10.9 Å². The van der Waals surface area contributed by atoms with Gasteiger partial charge in [-0.05, 0) is 44.2 Å². The Balaban J connectivity index is 0.00000312. The van der Waals surface area contributed by atoms with Crippen LogP contribution >= 0.6 is 24.0 Å². The van der Waals surface area contributed by atoms with Crippen molar-refractivity contribution < 1.29 is 14.2 Å². The third kappa shape index (κ3) is 8.13. The summed E-state index contributed by atoms with van der Waals surface area (Å²) >= 11 is 0. The molecule has 2 N–H and O–H groups in total. The lowest BCUT2D eigenvalue weighted by atomic mass is 10.2. The number of methoxy groups -OCH3 is 1. The summed E-state index contributed by atoms with van der Waals surface area (Å²) in [6.45, 7) is 5.06. The summed E-state index contributed by atoms with van der Waals surface area (Å²) in [5.41, 5.74) is 0.900. The van der Waals surface area contributed by atoms with Gasteiger partial charge in [-0.3, -0.25) is 4.99 Å². The first-order valence-corrected chi connectivity index (χ1v) is 8.63. The first-order chi connectivity index (χ1) is 11.8. The average molecular weight is 463 g/mol. The molecule has 0 aliphatic heterocycles. The van der Waals surface area contributed by atoms with Gasteiger partial charge in [0.25, 0.3) is 0 Å². The Labute approximate surface area is 167 Å². The molecule has 1 fully saturated rings. The molecule has 0 radical (unpaired) electrons. The number of nitrogens with zero attached hydrogens (tertiary/aromatic N) is 1. The Kier molecular flexibility index (Phi) is 10.6. The summed E-state index contributed by atoms with van der Waals surface area (Å²) in [6.07, 6.45) is 3.63. The fourth-order valence-corrected chi connectivity index (χ4v) is 2.25. The lowest BCUT2D eigenvalue weighted by Gasteiger charge is -2.14. The second kappa shape index (κ2) is 12.2. The topological polar surface area (TPSA) is 64.1 Å². The van der Waals surface area contributed by atoms with Gasteiger partial charge in [0.05, 0.1) is 13.7 Å². The molecule has 2 rings (SSSR count). The molecule has 0 aromatic heterocycles. The molecule has 0 heterocycles. The number of guanidine groups is 1. The van der Waals surface area contributed by atoms with Gasteiger partial charge in [0.15, 0.2) is 17.5 Å². The molecule has 1 saturated carbocycles. The van der Waals surface area contributed by atoms with Gasteiger partial charge in [-0.1, -0.05) is 0 Å². The van der Waals surface area contributed by atoms with Gasteiger partial charge in [0.2, 0.25) is 0 Å². The second-order valence-corrected chi connectivity index (χ2v) is 5.79. The van der Waals surface area contributed by atoms with Crippen LogP contribution in [0.4, 0.5) is 5.69 Å². The van der Waals surface area contributed by atoms with E-state index in [4.69, 9.17) is 14.2 Å². The summed E-state index contributed by atoms with van der Waals surface area (Å²) in [7, 11) is 3.39. The van der Waals surface area contributed by atoms with Crippen LogP contribution in [0.25, 0.3) is 0 Å². The van der Waals surface area contributed by atoms with E-state index in [-0.39, 0.29) is 24.0 Å². The van der Waals surface area contributed by atoms with E-state index < -0.39 is 0 Å². The van der Waals surface area contributed by atoms with Crippen LogP contribution in [0, 0.1) is 5.92 Å². The molecule has 0 saturated heterocycles. The van der Waals surface area contributed by atoms with Gasteiger partial charge in [-0.25, -0.2) is 0 Å². The van der Waals surface area contributed by atoms with E-state index in [2.05, 4.69) is 15.6 Å². The predicted molar refractivity (Wildman–Crippen MR) is 113 cm³/mol. The fraction of sp³-hybridized carbons (Fsp3) is 0.611. The third-order valence-electron chi connectivity index (χ3n) is 3.76. The maximum absolute atomic E-state index is 5.63. The van der Waals surface area contributed by atoms with Crippen LogP contribution in [0.1, 0.15) is 26.2 Å². The molecule has 0 bridgehead atoms. The van der Waals surface area contributed by atoms with Crippen molar-refractivity contribution in [1.29, 1.82) is 0 Å². The molecule has 25 heavy (non-hydrogen) atoms. The molecule has 7 heteroatoms. The minimum Gasteiger partial charge on any atom is -0.493 e. The van der Waals surface area contributed by atoms with Gasteiger partial charge in [-0.15, -0.1) is 24.0 Å². The number of halogens is 1.